The zero-order valence-corrected chi connectivity index (χ0v) is 29.5. The minimum absolute atomic E-state index is 0.222. The van der Waals surface area contributed by atoms with E-state index in [-0.39, 0.29) is 11.9 Å². The lowest BCUT2D eigenvalue weighted by atomic mass is 9.82. The van der Waals surface area contributed by atoms with Crippen LogP contribution < -0.4 is 9.47 Å². The van der Waals surface area contributed by atoms with Gasteiger partial charge in [-0.2, -0.15) is 0 Å². The Labute approximate surface area is 276 Å². The molecule has 242 valence electrons. The molecule has 0 heterocycles. The van der Waals surface area contributed by atoms with Gasteiger partial charge in [0.05, 0.1) is 0 Å². The molecule has 4 nitrogen and oxygen atoms in total. The maximum absolute atomic E-state index is 13.0. The molecule has 0 radical (unpaired) electrons. The van der Waals surface area contributed by atoms with E-state index in [9.17, 15) is 9.59 Å². The largest absolute Gasteiger partial charge is 0.426 e. The fourth-order valence-electron chi connectivity index (χ4n) is 6.32. The summed E-state index contributed by atoms with van der Waals surface area (Å²) < 4.78 is 12.1. The van der Waals surface area contributed by atoms with E-state index in [2.05, 4.69) is 90.1 Å². The molecule has 0 atom stereocenters. The van der Waals surface area contributed by atoms with Gasteiger partial charge in [0.25, 0.3) is 0 Å². The smallest absolute Gasteiger partial charge is 0.311 e. The van der Waals surface area contributed by atoms with Crippen molar-refractivity contribution in [2.45, 2.75) is 108 Å². The van der Waals surface area contributed by atoms with E-state index < -0.39 is 0 Å². The van der Waals surface area contributed by atoms with Crippen LogP contribution >= 0.6 is 0 Å². The van der Waals surface area contributed by atoms with Crippen LogP contribution in [0, 0.1) is 55.4 Å². The van der Waals surface area contributed by atoms with Crippen LogP contribution in [0.5, 0.6) is 11.5 Å². The maximum atomic E-state index is 13.0. The zero-order valence-electron chi connectivity index (χ0n) is 29.5. The van der Waals surface area contributed by atoms with Gasteiger partial charge in [0.1, 0.15) is 11.5 Å². The number of carbonyl (C=O) groups excluding carboxylic acids is 2. The third-order valence-corrected chi connectivity index (χ3v) is 9.89. The van der Waals surface area contributed by atoms with Gasteiger partial charge in [-0.25, -0.2) is 0 Å². The Morgan fingerprint density at radius 3 is 0.957 bits per heavy atom. The van der Waals surface area contributed by atoms with E-state index in [4.69, 9.17) is 9.47 Å². The van der Waals surface area contributed by atoms with Crippen LogP contribution in [-0.2, 0) is 35.3 Å². The number of ether oxygens (including phenoxy) is 2. The van der Waals surface area contributed by atoms with Gasteiger partial charge in [-0.3, -0.25) is 9.59 Å². The average Bonchev–Trinajstić information content (AvgIpc) is 3.06. The fourth-order valence-corrected chi connectivity index (χ4v) is 6.32. The number of carbonyl (C=O) groups is 2. The summed E-state index contributed by atoms with van der Waals surface area (Å²) >= 11 is 0. The van der Waals surface area contributed by atoms with E-state index in [0.717, 1.165) is 79.6 Å². The summed E-state index contributed by atoms with van der Waals surface area (Å²) in [5.74, 6) is 0.869. The Morgan fingerprint density at radius 2 is 0.696 bits per heavy atom. The molecule has 0 amide bonds. The Balaban J connectivity index is 1.57. The molecular weight excluding hydrogens is 568 g/mol. The lowest BCUT2D eigenvalue weighted by Gasteiger charge is -2.25. The van der Waals surface area contributed by atoms with E-state index in [1.165, 1.54) is 11.1 Å². The van der Waals surface area contributed by atoms with Crippen LogP contribution in [0.2, 0.25) is 0 Å². The standard InChI is InChI=1S/C42H50O4/c1-11-33-13-17-35(18-14-33)21-23-37(43)45-41-29(7)25(3)39(26(4)30(41)8)40-27(5)31(9)42(32(10)28(40)6)46-38(44)24-22-36-19-15-34(12-2)16-20-36/h13-20H,11-12,21-24H2,1-10H3. The topological polar surface area (TPSA) is 52.6 Å². The molecule has 0 aliphatic carbocycles. The normalized spacial score (nSPS) is 11.1. The second kappa shape index (κ2) is 14.9. The maximum Gasteiger partial charge on any atom is 0.311 e. The predicted octanol–water partition coefficient (Wildman–Crippen LogP) is 10.0. The summed E-state index contributed by atoms with van der Waals surface area (Å²) in [5, 5.41) is 0. The van der Waals surface area contributed by atoms with Crippen LogP contribution in [0.15, 0.2) is 48.5 Å². The Bertz CT molecular complexity index is 1550. The molecule has 0 aliphatic heterocycles. The molecule has 4 aromatic carbocycles. The van der Waals surface area contributed by atoms with Crippen molar-refractivity contribution in [2.24, 2.45) is 0 Å². The molecule has 0 N–H and O–H groups in total. The second-order valence-electron chi connectivity index (χ2n) is 12.7. The monoisotopic (exact) mass is 618 g/mol. The van der Waals surface area contributed by atoms with Crippen LogP contribution in [0.4, 0.5) is 0 Å². The first-order chi connectivity index (χ1) is 21.9. The molecule has 0 spiro atoms. The van der Waals surface area contributed by atoms with Gasteiger partial charge in [-0.15, -0.1) is 0 Å². The summed E-state index contributed by atoms with van der Waals surface area (Å²) in [7, 11) is 0. The Kier molecular flexibility index (Phi) is 11.3. The molecule has 4 aromatic rings. The predicted molar refractivity (Wildman–Crippen MR) is 189 cm³/mol. The van der Waals surface area contributed by atoms with E-state index >= 15 is 0 Å². The molecule has 0 aliphatic rings. The summed E-state index contributed by atoms with van der Waals surface area (Å²) in [4.78, 5) is 26.0. The summed E-state index contributed by atoms with van der Waals surface area (Å²) in [6, 6.07) is 16.9. The third kappa shape index (κ3) is 7.44. The van der Waals surface area contributed by atoms with Gasteiger partial charge in [-0.1, -0.05) is 62.4 Å². The zero-order chi connectivity index (χ0) is 33.7. The number of aryl methyl sites for hydroxylation is 4. The average molecular weight is 619 g/mol. The van der Waals surface area contributed by atoms with Crippen molar-refractivity contribution >= 4 is 11.9 Å². The Morgan fingerprint density at radius 1 is 0.435 bits per heavy atom. The van der Waals surface area contributed by atoms with Crippen molar-refractivity contribution in [3.63, 3.8) is 0 Å². The molecule has 0 saturated heterocycles. The molecule has 4 heteroatoms. The van der Waals surface area contributed by atoms with Crippen molar-refractivity contribution in [3.05, 3.63) is 115 Å². The van der Waals surface area contributed by atoms with Crippen molar-refractivity contribution in [1.82, 2.24) is 0 Å². The van der Waals surface area contributed by atoms with Gasteiger partial charge >= 0.3 is 11.9 Å². The number of esters is 2. The second-order valence-corrected chi connectivity index (χ2v) is 12.7. The highest BCUT2D eigenvalue weighted by Gasteiger charge is 2.25. The SMILES string of the molecule is CCc1ccc(CCC(=O)Oc2c(C)c(C)c(-c3c(C)c(C)c(OC(=O)CCc4ccc(CC)cc4)c(C)c3C)c(C)c2C)cc1. The van der Waals surface area contributed by atoms with Crippen LogP contribution in [0.25, 0.3) is 11.1 Å². The van der Waals surface area contributed by atoms with Gasteiger partial charge in [0, 0.05) is 12.8 Å². The molecule has 0 unspecified atom stereocenters. The third-order valence-electron chi connectivity index (χ3n) is 9.89. The first-order valence-electron chi connectivity index (χ1n) is 16.7. The van der Waals surface area contributed by atoms with Crippen LogP contribution in [0.1, 0.15) is 93.5 Å². The van der Waals surface area contributed by atoms with Gasteiger partial charge in [-0.05, 0) is 159 Å². The van der Waals surface area contributed by atoms with Crippen molar-refractivity contribution in [1.29, 1.82) is 0 Å². The highest BCUT2D eigenvalue weighted by Crippen LogP contribution is 2.44. The number of hydrogen-bond acceptors (Lipinski definition) is 4. The lowest BCUT2D eigenvalue weighted by Crippen LogP contribution is -2.14. The Hall–Kier alpha value is -4.18. The number of hydrogen-bond donors (Lipinski definition) is 0. The fraction of sp³-hybridized carbons (Fsp3) is 0.381. The van der Waals surface area contributed by atoms with Crippen LogP contribution in [0.3, 0.4) is 0 Å². The minimum Gasteiger partial charge on any atom is -0.426 e. The molecule has 0 bridgehead atoms. The number of rotatable bonds is 11. The van der Waals surface area contributed by atoms with Crippen molar-refractivity contribution < 1.29 is 19.1 Å². The lowest BCUT2D eigenvalue weighted by molar-refractivity contribution is -0.135. The molecule has 0 fully saturated rings. The van der Waals surface area contributed by atoms with Gasteiger partial charge in [0.15, 0.2) is 0 Å². The molecular formula is C42H50O4. The molecule has 0 aromatic heterocycles. The van der Waals surface area contributed by atoms with Gasteiger partial charge < -0.3 is 9.47 Å². The van der Waals surface area contributed by atoms with E-state index in [1.54, 1.807) is 0 Å². The quantitative estimate of drug-likeness (QED) is 0.124. The van der Waals surface area contributed by atoms with E-state index in [1.807, 2.05) is 27.7 Å². The molecule has 4 rings (SSSR count). The van der Waals surface area contributed by atoms with E-state index in [0.29, 0.717) is 37.2 Å². The minimum atomic E-state index is -0.222. The highest BCUT2D eigenvalue weighted by molar-refractivity contribution is 5.85. The van der Waals surface area contributed by atoms with Crippen molar-refractivity contribution in [2.75, 3.05) is 0 Å². The molecule has 0 saturated carbocycles. The van der Waals surface area contributed by atoms with Gasteiger partial charge in [0.2, 0.25) is 0 Å². The summed E-state index contributed by atoms with van der Waals surface area (Å²) in [6.07, 6.45) is 3.95. The van der Waals surface area contributed by atoms with Crippen molar-refractivity contribution in [3.8, 4) is 22.6 Å². The molecule has 46 heavy (non-hydrogen) atoms. The summed E-state index contributed by atoms with van der Waals surface area (Å²) in [6.45, 7) is 20.8. The first-order valence-corrected chi connectivity index (χ1v) is 16.7. The number of benzene rings is 4. The summed E-state index contributed by atoms with van der Waals surface area (Å²) in [5.41, 5.74) is 15.4. The van der Waals surface area contributed by atoms with Crippen LogP contribution in [-0.4, -0.2) is 11.9 Å². The highest BCUT2D eigenvalue weighted by atomic mass is 16.5. The first kappa shape index (κ1) is 34.7.